The number of imidazole rings is 1. The molecular weight excluding hydrogens is 344 g/mol. The van der Waals surface area contributed by atoms with Crippen molar-refractivity contribution >= 4 is 17.5 Å². The number of anilines is 1. The molecular formula is C20H26N4O3. The van der Waals surface area contributed by atoms with Gasteiger partial charge in [-0.1, -0.05) is 12.1 Å². The lowest BCUT2D eigenvalue weighted by molar-refractivity contribution is 0.0931. The van der Waals surface area contributed by atoms with Crippen LogP contribution >= 0.6 is 0 Å². The summed E-state index contributed by atoms with van der Waals surface area (Å²) >= 11 is 0. The van der Waals surface area contributed by atoms with Crippen molar-refractivity contribution in [3.63, 3.8) is 0 Å². The van der Waals surface area contributed by atoms with Crippen LogP contribution in [0.1, 0.15) is 50.8 Å². The third-order valence-electron chi connectivity index (χ3n) is 4.98. The second-order valence-corrected chi connectivity index (χ2v) is 6.79. The fraction of sp³-hybridized carbons (Fsp3) is 0.450. The monoisotopic (exact) mass is 370 g/mol. The van der Waals surface area contributed by atoms with Crippen molar-refractivity contribution in [3.8, 4) is 0 Å². The maximum Gasteiger partial charge on any atom is 0.291 e. The van der Waals surface area contributed by atoms with E-state index in [1.165, 1.54) is 0 Å². The number of benzene rings is 1. The molecule has 27 heavy (non-hydrogen) atoms. The second kappa shape index (κ2) is 8.35. The van der Waals surface area contributed by atoms with Gasteiger partial charge >= 0.3 is 0 Å². The minimum Gasteiger partial charge on any atom is -0.383 e. The van der Waals surface area contributed by atoms with E-state index < -0.39 is 0 Å². The Morgan fingerprint density at radius 1 is 1.22 bits per heavy atom. The van der Waals surface area contributed by atoms with Crippen LogP contribution in [0.5, 0.6) is 0 Å². The zero-order valence-corrected chi connectivity index (χ0v) is 16.1. The smallest absolute Gasteiger partial charge is 0.291 e. The van der Waals surface area contributed by atoms with Crippen LogP contribution in [-0.2, 0) is 17.7 Å². The highest BCUT2D eigenvalue weighted by Gasteiger charge is 2.27. The summed E-state index contributed by atoms with van der Waals surface area (Å²) in [7, 11) is 1.58. The quantitative estimate of drug-likeness (QED) is 0.765. The second-order valence-electron chi connectivity index (χ2n) is 6.79. The highest BCUT2D eigenvalue weighted by molar-refractivity contribution is 6.04. The molecule has 3 rings (SSSR count). The third kappa shape index (κ3) is 4.03. The first kappa shape index (κ1) is 19.1. The van der Waals surface area contributed by atoms with Crippen LogP contribution in [0.4, 0.5) is 5.69 Å². The van der Waals surface area contributed by atoms with Gasteiger partial charge in [0.25, 0.3) is 11.8 Å². The van der Waals surface area contributed by atoms with Crippen molar-refractivity contribution < 1.29 is 14.3 Å². The summed E-state index contributed by atoms with van der Waals surface area (Å²) in [5, 5.41) is 5.75. The Hall–Kier alpha value is -2.67. The molecule has 7 nitrogen and oxygen atoms in total. The largest absolute Gasteiger partial charge is 0.383 e. The number of rotatable bonds is 6. The van der Waals surface area contributed by atoms with E-state index in [0.29, 0.717) is 31.2 Å². The van der Waals surface area contributed by atoms with Crippen LogP contribution in [0.2, 0.25) is 0 Å². The Bertz CT molecular complexity index is 857. The number of carbonyl (C=O) groups is 2. The molecule has 0 unspecified atom stereocenters. The van der Waals surface area contributed by atoms with E-state index in [1.54, 1.807) is 7.11 Å². The highest BCUT2D eigenvalue weighted by Crippen LogP contribution is 2.23. The minimum absolute atomic E-state index is 0.261. The molecule has 0 saturated heterocycles. The number of hydrogen-bond acceptors (Lipinski definition) is 4. The van der Waals surface area contributed by atoms with E-state index in [9.17, 15) is 9.59 Å². The standard InChI is InChI=1S/C20H26N4O3/c1-13-7-6-8-15(14(13)2)22-20(26)18-23-17(19(25)21-10-12-27-3)16-9-4-5-11-24(16)18/h6-8H,4-5,9-12H2,1-3H3,(H,21,25)(H,22,26). The van der Waals surface area contributed by atoms with Gasteiger partial charge in [0.1, 0.15) is 5.69 Å². The number of aryl methyl sites for hydroxylation is 1. The molecule has 0 bridgehead atoms. The molecule has 2 N–H and O–H groups in total. The van der Waals surface area contributed by atoms with Gasteiger partial charge in [-0.15, -0.1) is 0 Å². The summed E-state index contributed by atoms with van der Waals surface area (Å²) < 4.78 is 6.85. The first-order valence-electron chi connectivity index (χ1n) is 9.27. The van der Waals surface area contributed by atoms with Crippen molar-refractivity contribution in [2.45, 2.75) is 39.7 Å². The van der Waals surface area contributed by atoms with Crippen LogP contribution in [-0.4, -0.2) is 41.6 Å². The van der Waals surface area contributed by atoms with Gasteiger partial charge in [-0.3, -0.25) is 9.59 Å². The number of nitrogens with zero attached hydrogens (tertiary/aromatic N) is 2. The Balaban J connectivity index is 1.87. The fourth-order valence-corrected chi connectivity index (χ4v) is 3.31. The minimum atomic E-state index is -0.289. The highest BCUT2D eigenvalue weighted by atomic mass is 16.5. The average molecular weight is 370 g/mol. The van der Waals surface area contributed by atoms with Gasteiger partial charge in [-0.05, 0) is 50.3 Å². The Labute approximate surface area is 159 Å². The van der Waals surface area contributed by atoms with Gasteiger partial charge in [-0.25, -0.2) is 4.98 Å². The van der Waals surface area contributed by atoms with E-state index in [0.717, 1.165) is 41.8 Å². The number of nitrogens with one attached hydrogen (secondary N) is 2. The van der Waals surface area contributed by atoms with Gasteiger partial charge in [0.05, 0.1) is 12.3 Å². The number of aromatic nitrogens is 2. The first-order chi connectivity index (χ1) is 13.0. The van der Waals surface area contributed by atoms with Crippen LogP contribution in [0.25, 0.3) is 0 Å². The number of hydrogen-bond donors (Lipinski definition) is 2. The summed E-state index contributed by atoms with van der Waals surface area (Å²) in [5.41, 5.74) is 4.07. The maximum absolute atomic E-state index is 12.9. The molecule has 0 atom stereocenters. The Morgan fingerprint density at radius 2 is 2.04 bits per heavy atom. The van der Waals surface area contributed by atoms with Crippen molar-refractivity contribution in [1.82, 2.24) is 14.9 Å². The molecule has 2 aromatic rings. The summed E-state index contributed by atoms with van der Waals surface area (Å²) in [6.45, 7) is 5.52. The molecule has 0 fully saturated rings. The maximum atomic E-state index is 12.9. The number of methoxy groups -OCH3 is 1. The fourth-order valence-electron chi connectivity index (χ4n) is 3.31. The molecule has 0 spiro atoms. The predicted molar refractivity (Wildman–Crippen MR) is 103 cm³/mol. The molecule has 7 heteroatoms. The molecule has 1 aromatic carbocycles. The Kier molecular flexibility index (Phi) is 5.91. The van der Waals surface area contributed by atoms with Crippen molar-refractivity contribution in [2.24, 2.45) is 0 Å². The van der Waals surface area contributed by atoms with Gasteiger partial charge in [0, 0.05) is 25.9 Å². The average Bonchev–Trinajstić information content (AvgIpc) is 3.05. The van der Waals surface area contributed by atoms with Crippen LogP contribution in [0.15, 0.2) is 18.2 Å². The van der Waals surface area contributed by atoms with Gasteiger partial charge in [0.2, 0.25) is 0 Å². The number of fused-ring (bicyclic) bond motifs is 1. The Morgan fingerprint density at radius 3 is 2.81 bits per heavy atom. The SMILES string of the molecule is COCCNC(=O)c1nc(C(=O)Nc2cccc(C)c2C)n2c1CCCC2. The van der Waals surface area contributed by atoms with Crippen LogP contribution in [0, 0.1) is 13.8 Å². The molecule has 0 radical (unpaired) electrons. The molecule has 2 amide bonds. The molecule has 144 valence electrons. The van der Waals surface area contributed by atoms with Gasteiger partial charge < -0.3 is 19.9 Å². The molecule has 1 aliphatic rings. The molecule has 0 saturated carbocycles. The summed E-state index contributed by atoms with van der Waals surface area (Å²) in [6.07, 6.45) is 2.71. The molecule has 0 aliphatic carbocycles. The zero-order chi connectivity index (χ0) is 19.4. The lowest BCUT2D eigenvalue weighted by atomic mass is 10.1. The first-order valence-corrected chi connectivity index (χ1v) is 9.27. The van der Waals surface area contributed by atoms with Crippen molar-refractivity contribution in [1.29, 1.82) is 0 Å². The number of ether oxygens (including phenoxy) is 1. The van der Waals surface area contributed by atoms with E-state index in [2.05, 4.69) is 15.6 Å². The molecule has 2 heterocycles. The predicted octanol–water partition coefficient (Wildman–Crippen LogP) is 2.46. The summed E-state index contributed by atoms with van der Waals surface area (Å²) in [4.78, 5) is 29.8. The van der Waals surface area contributed by atoms with E-state index >= 15 is 0 Å². The van der Waals surface area contributed by atoms with Crippen LogP contribution in [0.3, 0.4) is 0 Å². The topological polar surface area (TPSA) is 85.2 Å². The van der Waals surface area contributed by atoms with Gasteiger partial charge in [0.15, 0.2) is 5.82 Å². The normalized spacial score (nSPS) is 13.1. The zero-order valence-electron chi connectivity index (χ0n) is 16.1. The number of amides is 2. The van der Waals surface area contributed by atoms with E-state index in [4.69, 9.17) is 4.74 Å². The van der Waals surface area contributed by atoms with E-state index in [-0.39, 0.29) is 11.8 Å². The lowest BCUT2D eigenvalue weighted by Gasteiger charge is -2.17. The van der Waals surface area contributed by atoms with Crippen molar-refractivity contribution in [2.75, 3.05) is 25.6 Å². The molecule has 1 aliphatic heterocycles. The van der Waals surface area contributed by atoms with Crippen molar-refractivity contribution in [3.05, 3.63) is 46.5 Å². The van der Waals surface area contributed by atoms with E-state index in [1.807, 2.05) is 36.6 Å². The lowest BCUT2D eigenvalue weighted by Crippen LogP contribution is -2.28. The van der Waals surface area contributed by atoms with Crippen LogP contribution < -0.4 is 10.6 Å². The number of carbonyl (C=O) groups excluding carboxylic acids is 2. The summed E-state index contributed by atoms with van der Waals surface area (Å²) in [5.74, 6) is -0.256. The third-order valence-corrected chi connectivity index (χ3v) is 4.98. The molecule has 1 aromatic heterocycles. The summed E-state index contributed by atoms with van der Waals surface area (Å²) in [6, 6.07) is 5.79. The van der Waals surface area contributed by atoms with Gasteiger partial charge in [-0.2, -0.15) is 0 Å².